The topological polar surface area (TPSA) is 32.3 Å². The van der Waals surface area contributed by atoms with Crippen molar-refractivity contribution in [1.82, 2.24) is 5.32 Å². The maximum Gasteiger partial charge on any atom is 0.0620 e. The van der Waals surface area contributed by atoms with Crippen LogP contribution in [0.25, 0.3) is 0 Å². The van der Waals surface area contributed by atoms with Gasteiger partial charge in [0.1, 0.15) is 0 Å². The minimum Gasteiger partial charge on any atom is -0.392 e. The normalized spacial score (nSPS) is 39.0. The summed E-state index contributed by atoms with van der Waals surface area (Å²) in [5, 5.41) is 12.8. The number of aliphatic hydroxyl groups excluding tert-OH is 1. The molecule has 2 nitrogen and oxygen atoms in total. The third-order valence-corrected chi connectivity index (χ3v) is 2.67. The second kappa shape index (κ2) is 1.70. The van der Waals surface area contributed by atoms with E-state index in [1.54, 1.807) is 0 Å². The van der Waals surface area contributed by atoms with Gasteiger partial charge in [-0.25, -0.2) is 0 Å². The summed E-state index contributed by atoms with van der Waals surface area (Å²) in [7, 11) is 0. The minimum absolute atomic E-state index is 0.00116. The van der Waals surface area contributed by atoms with E-state index in [0.29, 0.717) is 5.41 Å². The lowest BCUT2D eigenvalue weighted by Gasteiger charge is -2.27. The fourth-order valence-electron chi connectivity index (χ4n) is 1.67. The molecule has 1 saturated heterocycles. The van der Waals surface area contributed by atoms with Crippen LogP contribution in [0.2, 0.25) is 0 Å². The molecule has 0 aromatic carbocycles. The Morgan fingerprint density at radius 1 is 1.44 bits per heavy atom. The van der Waals surface area contributed by atoms with Crippen molar-refractivity contribution in [2.24, 2.45) is 5.41 Å². The number of aliphatic hydroxyl groups is 1. The Kier molecular flexibility index (Phi) is 1.08. The molecule has 1 saturated carbocycles. The average molecular weight is 127 g/mol. The maximum atomic E-state index is 9.46. The zero-order valence-electron chi connectivity index (χ0n) is 5.56. The SMILES string of the molecule is O[C@@H]1CCNCC12CC2. The first-order chi connectivity index (χ1) is 4.33. The summed E-state index contributed by atoms with van der Waals surface area (Å²) >= 11 is 0. The smallest absolute Gasteiger partial charge is 0.0620 e. The van der Waals surface area contributed by atoms with Crippen LogP contribution in [0.1, 0.15) is 19.3 Å². The van der Waals surface area contributed by atoms with E-state index >= 15 is 0 Å². The number of hydrogen-bond donors (Lipinski definition) is 2. The Hall–Kier alpha value is -0.0800. The van der Waals surface area contributed by atoms with E-state index in [-0.39, 0.29) is 6.10 Å². The summed E-state index contributed by atoms with van der Waals surface area (Å²) < 4.78 is 0. The van der Waals surface area contributed by atoms with Gasteiger partial charge in [-0.15, -0.1) is 0 Å². The average Bonchev–Trinajstić information content (AvgIpc) is 2.60. The van der Waals surface area contributed by atoms with Crippen molar-refractivity contribution in [2.75, 3.05) is 13.1 Å². The zero-order chi connectivity index (χ0) is 6.32. The van der Waals surface area contributed by atoms with Crippen LogP contribution in [0.15, 0.2) is 0 Å². The Balaban J connectivity index is 2.03. The molecule has 1 atom stereocenters. The lowest BCUT2D eigenvalue weighted by atomic mass is 9.93. The third kappa shape index (κ3) is 0.775. The molecule has 0 radical (unpaired) electrons. The fraction of sp³-hybridized carbons (Fsp3) is 1.00. The number of rotatable bonds is 0. The Bertz CT molecular complexity index is 120. The van der Waals surface area contributed by atoms with E-state index in [4.69, 9.17) is 0 Å². The standard InChI is InChI=1S/C7H13NO/c9-6-1-4-8-5-7(6)2-3-7/h6,8-9H,1-5H2/t6-/m1/s1. The molecule has 2 aliphatic rings. The van der Waals surface area contributed by atoms with E-state index in [2.05, 4.69) is 5.32 Å². The summed E-state index contributed by atoms with van der Waals surface area (Å²) in [5.74, 6) is 0. The lowest BCUT2D eigenvalue weighted by molar-refractivity contribution is 0.0644. The fourth-order valence-corrected chi connectivity index (χ4v) is 1.67. The van der Waals surface area contributed by atoms with Gasteiger partial charge in [-0.05, 0) is 25.8 Å². The first-order valence-corrected chi connectivity index (χ1v) is 3.72. The van der Waals surface area contributed by atoms with Gasteiger partial charge in [0.05, 0.1) is 6.10 Å². The van der Waals surface area contributed by atoms with Crippen LogP contribution in [0.5, 0.6) is 0 Å². The van der Waals surface area contributed by atoms with Crippen LogP contribution in [0.3, 0.4) is 0 Å². The van der Waals surface area contributed by atoms with Crippen molar-refractivity contribution in [1.29, 1.82) is 0 Å². The quantitative estimate of drug-likeness (QED) is 0.484. The van der Waals surface area contributed by atoms with Crippen molar-refractivity contribution in [3.8, 4) is 0 Å². The summed E-state index contributed by atoms with van der Waals surface area (Å²) in [5.41, 5.74) is 0.332. The molecular formula is C7H13NO. The van der Waals surface area contributed by atoms with Crippen LogP contribution in [-0.4, -0.2) is 24.3 Å². The van der Waals surface area contributed by atoms with Gasteiger partial charge in [0.25, 0.3) is 0 Å². The molecule has 2 N–H and O–H groups in total. The molecule has 0 aromatic rings. The second-order valence-corrected chi connectivity index (χ2v) is 3.34. The van der Waals surface area contributed by atoms with Crippen LogP contribution >= 0.6 is 0 Å². The van der Waals surface area contributed by atoms with Crippen molar-refractivity contribution < 1.29 is 5.11 Å². The van der Waals surface area contributed by atoms with E-state index in [1.807, 2.05) is 0 Å². The largest absolute Gasteiger partial charge is 0.392 e. The van der Waals surface area contributed by atoms with E-state index in [0.717, 1.165) is 19.5 Å². The minimum atomic E-state index is -0.00116. The van der Waals surface area contributed by atoms with Crippen molar-refractivity contribution in [3.63, 3.8) is 0 Å². The van der Waals surface area contributed by atoms with E-state index < -0.39 is 0 Å². The highest BCUT2D eigenvalue weighted by Crippen LogP contribution is 2.50. The number of piperidine rings is 1. The van der Waals surface area contributed by atoms with Crippen LogP contribution < -0.4 is 5.32 Å². The van der Waals surface area contributed by atoms with Gasteiger partial charge in [-0.1, -0.05) is 0 Å². The highest BCUT2D eigenvalue weighted by Gasteiger charge is 2.49. The molecule has 2 fully saturated rings. The van der Waals surface area contributed by atoms with E-state index in [9.17, 15) is 5.11 Å². The van der Waals surface area contributed by atoms with Crippen molar-refractivity contribution in [2.45, 2.75) is 25.4 Å². The van der Waals surface area contributed by atoms with Crippen molar-refractivity contribution >= 4 is 0 Å². The predicted molar refractivity (Wildman–Crippen MR) is 35.2 cm³/mol. The molecule has 0 bridgehead atoms. The molecule has 1 aliphatic carbocycles. The molecule has 0 amide bonds. The molecule has 9 heavy (non-hydrogen) atoms. The summed E-state index contributed by atoms with van der Waals surface area (Å²) in [6, 6.07) is 0. The molecule has 2 heteroatoms. The molecule has 0 aromatic heterocycles. The van der Waals surface area contributed by atoms with Gasteiger partial charge in [0, 0.05) is 12.0 Å². The monoisotopic (exact) mass is 127 g/mol. The molecular weight excluding hydrogens is 114 g/mol. The van der Waals surface area contributed by atoms with Gasteiger partial charge in [-0.3, -0.25) is 0 Å². The molecule has 1 spiro atoms. The summed E-state index contributed by atoms with van der Waals surface area (Å²) in [4.78, 5) is 0. The van der Waals surface area contributed by atoms with E-state index in [1.165, 1.54) is 12.8 Å². The molecule has 1 aliphatic heterocycles. The van der Waals surface area contributed by atoms with Crippen LogP contribution in [-0.2, 0) is 0 Å². The molecule has 0 unspecified atom stereocenters. The first kappa shape index (κ1) is 5.69. The van der Waals surface area contributed by atoms with Gasteiger partial charge in [0.2, 0.25) is 0 Å². The van der Waals surface area contributed by atoms with Gasteiger partial charge in [-0.2, -0.15) is 0 Å². The first-order valence-electron chi connectivity index (χ1n) is 3.72. The van der Waals surface area contributed by atoms with Gasteiger partial charge in [0.15, 0.2) is 0 Å². The highest BCUT2D eigenvalue weighted by molar-refractivity contribution is 5.02. The Morgan fingerprint density at radius 3 is 2.67 bits per heavy atom. The lowest BCUT2D eigenvalue weighted by Crippen LogP contribution is -2.41. The maximum absolute atomic E-state index is 9.46. The Morgan fingerprint density at radius 2 is 2.22 bits per heavy atom. The second-order valence-electron chi connectivity index (χ2n) is 3.34. The number of nitrogens with one attached hydrogen (secondary N) is 1. The summed E-state index contributed by atoms with van der Waals surface area (Å²) in [6.07, 6.45) is 3.43. The molecule has 52 valence electrons. The van der Waals surface area contributed by atoms with Crippen molar-refractivity contribution in [3.05, 3.63) is 0 Å². The van der Waals surface area contributed by atoms with Crippen LogP contribution in [0.4, 0.5) is 0 Å². The molecule has 1 heterocycles. The number of hydrogen-bond acceptors (Lipinski definition) is 2. The molecule has 2 rings (SSSR count). The van der Waals surface area contributed by atoms with Crippen LogP contribution in [0, 0.1) is 5.41 Å². The van der Waals surface area contributed by atoms with Gasteiger partial charge >= 0.3 is 0 Å². The highest BCUT2D eigenvalue weighted by atomic mass is 16.3. The predicted octanol–water partition coefficient (Wildman–Crippen LogP) is 0.121. The zero-order valence-corrected chi connectivity index (χ0v) is 5.56. The third-order valence-electron chi connectivity index (χ3n) is 2.67. The van der Waals surface area contributed by atoms with Gasteiger partial charge < -0.3 is 10.4 Å². The Labute approximate surface area is 55.3 Å². The summed E-state index contributed by atoms with van der Waals surface area (Å²) in [6.45, 7) is 2.05.